The molecular formula is C19H17N3O4. The number of rotatable bonds is 4. The maximum absolute atomic E-state index is 12.1. The second-order valence-corrected chi connectivity index (χ2v) is 5.58. The zero-order valence-corrected chi connectivity index (χ0v) is 14.1. The summed E-state index contributed by atoms with van der Waals surface area (Å²) in [5, 5.41) is 1.03. The van der Waals surface area contributed by atoms with E-state index < -0.39 is 11.9 Å². The first kappa shape index (κ1) is 17.2. The number of nitrogens with one attached hydrogen (secondary N) is 2. The van der Waals surface area contributed by atoms with Gasteiger partial charge in [0, 0.05) is 17.3 Å². The zero-order chi connectivity index (χ0) is 18.5. The minimum atomic E-state index is -0.539. The van der Waals surface area contributed by atoms with Crippen molar-refractivity contribution in [1.82, 2.24) is 15.4 Å². The highest BCUT2D eigenvalue weighted by Crippen LogP contribution is 2.14. The third-order valence-electron chi connectivity index (χ3n) is 3.86. The number of para-hydroxylation sites is 1. The fourth-order valence-electron chi connectivity index (χ4n) is 2.58. The molecule has 0 aliphatic carbocycles. The van der Waals surface area contributed by atoms with E-state index in [0.717, 1.165) is 10.9 Å². The fraction of sp³-hybridized carbons (Fsp3) is 0.105. The van der Waals surface area contributed by atoms with Gasteiger partial charge in [-0.3, -0.25) is 20.4 Å². The number of ether oxygens (including phenoxy) is 1. The topological polar surface area (TPSA) is 89.4 Å². The molecule has 1 heterocycles. The number of carbonyl (C=O) groups is 3. The molecular weight excluding hydrogens is 334 g/mol. The fourth-order valence-corrected chi connectivity index (χ4v) is 2.58. The highest BCUT2D eigenvalue weighted by atomic mass is 16.5. The number of carbonyl (C=O) groups excluding carboxylic acids is 3. The average Bonchev–Trinajstić information content (AvgIpc) is 3.08. The summed E-state index contributed by atoms with van der Waals surface area (Å²) in [6, 6.07) is 15.6. The van der Waals surface area contributed by atoms with Gasteiger partial charge in [-0.05, 0) is 35.7 Å². The Balaban J connectivity index is 1.61. The van der Waals surface area contributed by atoms with Gasteiger partial charge in [0.1, 0.15) is 6.54 Å². The normalized spacial score (nSPS) is 10.3. The van der Waals surface area contributed by atoms with Crippen LogP contribution in [0.4, 0.5) is 0 Å². The number of methoxy groups -OCH3 is 1. The Bertz CT molecular complexity index is 978. The van der Waals surface area contributed by atoms with Crippen molar-refractivity contribution in [3.05, 3.63) is 71.9 Å². The molecule has 0 radical (unpaired) electrons. The summed E-state index contributed by atoms with van der Waals surface area (Å²) in [6.45, 7) is 0.0655. The maximum Gasteiger partial charge on any atom is 0.337 e. The lowest BCUT2D eigenvalue weighted by atomic mass is 10.1. The number of benzene rings is 2. The molecule has 26 heavy (non-hydrogen) atoms. The maximum atomic E-state index is 12.1. The molecule has 3 aromatic rings. The minimum absolute atomic E-state index is 0.0655. The van der Waals surface area contributed by atoms with Crippen LogP contribution in [0.2, 0.25) is 0 Å². The predicted octanol–water partition coefficient (Wildman–Crippen LogP) is 1.89. The van der Waals surface area contributed by atoms with Crippen molar-refractivity contribution < 1.29 is 19.1 Å². The Morgan fingerprint density at radius 2 is 1.73 bits per heavy atom. The molecule has 0 bridgehead atoms. The quantitative estimate of drug-likeness (QED) is 0.555. The summed E-state index contributed by atoms with van der Waals surface area (Å²) in [7, 11) is 1.26. The van der Waals surface area contributed by atoms with Crippen LogP contribution in [-0.2, 0) is 16.1 Å². The molecule has 2 aromatic carbocycles. The number of amides is 2. The Morgan fingerprint density at radius 3 is 2.54 bits per heavy atom. The van der Waals surface area contributed by atoms with Crippen LogP contribution in [0.25, 0.3) is 10.9 Å². The van der Waals surface area contributed by atoms with E-state index in [1.165, 1.54) is 19.2 Å². The van der Waals surface area contributed by atoms with E-state index in [1.54, 1.807) is 16.7 Å². The molecule has 3 rings (SSSR count). The molecule has 0 atom stereocenters. The van der Waals surface area contributed by atoms with E-state index in [0.29, 0.717) is 0 Å². The first-order valence-electron chi connectivity index (χ1n) is 7.90. The molecule has 132 valence electrons. The molecule has 0 saturated heterocycles. The summed E-state index contributed by atoms with van der Waals surface area (Å²) in [5.74, 6) is -1.44. The molecule has 7 heteroatoms. The Hall–Kier alpha value is -3.61. The Labute approximate surface area is 149 Å². The van der Waals surface area contributed by atoms with Gasteiger partial charge >= 0.3 is 5.97 Å². The molecule has 0 aliphatic rings. The van der Waals surface area contributed by atoms with Crippen molar-refractivity contribution in [1.29, 1.82) is 0 Å². The molecule has 0 fully saturated rings. The van der Waals surface area contributed by atoms with Crippen LogP contribution in [0.1, 0.15) is 20.7 Å². The molecule has 1 aromatic heterocycles. The first-order valence-corrected chi connectivity index (χ1v) is 7.90. The average molecular weight is 351 g/mol. The number of hydrogen-bond donors (Lipinski definition) is 2. The highest BCUT2D eigenvalue weighted by Gasteiger charge is 2.12. The largest absolute Gasteiger partial charge is 0.465 e. The number of hydrazine groups is 1. The number of nitrogens with zero attached hydrogens (tertiary/aromatic N) is 1. The van der Waals surface area contributed by atoms with E-state index in [9.17, 15) is 14.4 Å². The molecule has 0 unspecified atom stereocenters. The molecule has 7 nitrogen and oxygen atoms in total. The number of fused-ring (bicyclic) bond motifs is 1. The Morgan fingerprint density at radius 1 is 0.962 bits per heavy atom. The van der Waals surface area contributed by atoms with Gasteiger partial charge in [0.25, 0.3) is 11.8 Å². The van der Waals surface area contributed by atoms with Gasteiger partial charge in [-0.2, -0.15) is 0 Å². The molecule has 0 saturated carbocycles. The van der Waals surface area contributed by atoms with Gasteiger partial charge in [0.2, 0.25) is 0 Å². The van der Waals surface area contributed by atoms with Crippen LogP contribution in [0, 0.1) is 0 Å². The predicted molar refractivity (Wildman–Crippen MR) is 95.3 cm³/mol. The van der Waals surface area contributed by atoms with Crippen molar-refractivity contribution in [3.63, 3.8) is 0 Å². The lowest BCUT2D eigenvalue weighted by Gasteiger charge is -2.09. The van der Waals surface area contributed by atoms with Crippen molar-refractivity contribution in [2.24, 2.45) is 0 Å². The summed E-state index contributed by atoms with van der Waals surface area (Å²) >= 11 is 0. The minimum Gasteiger partial charge on any atom is -0.465 e. The summed E-state index contributed by atoms with van der Waals surface area (Å²) in [4.78, 5) is 35.7. The van der Waals surface area contributed by atoms with Crippen molar-refractivity contribution in [2.45, 2.75) is 6.54 Å². The van der Waals surface area contributed by atoms with Crippen LogP contribution in [0.15, 0.2) is 60.8 Å². The SMILES string of the molecule is COC(=O)c1cccc(C(=O)NNC(=O)Cn2ccc3ccccc32)c1. The summed E-state index contributed by atoms with van der Waals surface area (Å²) in [5.41, 5.74) is 6.13. The second-order valence-electron chi connectivity index (χ2n) is 5.58. The van der Waals surface area contributed by atoms with Gasteiger partial charge in [0.05, 0.1) is 12.7 Å². The lowest BCUT2D eigenvalue weighted by molar-refractivity contribution is -0.122. The van der Waals surface area contributed by atoms with E-state index in [2.05, 4.69) is 15.6 Å². The van der Waals surface area contributed by atoms with E-state index in [4.69, 9.17) is 0 Å². The second kappa shape index (κ2) is 7.52. The zero-order valence-electron chi connectivity index (χ0n) is 14.1. The van der Waals surface area contributed by atoms with Crippen molar-refractivity contribution in [3.8, 4) is 0 Å². The smallest absolute Gasteiger partial charge is 0.337 e. The third kappa shape index (κ3) is 3.72. The van der Waals surface area contributed by atoms with Crippen LogP contribution in [-0.4, -0.2) is 29.5 Å². The molecule has 2 amide bonds. The van der Waals surface area contributed by atoms with Crippen LogP contribution in [0.3, 0.4) is 0 Å². The number of esters is 1. The van der Waals surface area contributed by atoms with Crippen LogP contribution >= 0.6 is 0 Å². The first-order chi connectivity index (χ1) is 12.6. The summed E-state index contributed by atoms with van der Waals surface area (Å²) < 4.78 is 6.41. The van der Waals surface area contributed by atoms with Gasteiger partial charge in [-0.25, -0.2) is 4.79 Å². The van der Waals surface area contributed by atoms with Crippen LogP contribution < -0.4 is 10.9 Å². The molecule has 0 spiro atoms. The van der Waals surface area contributed by atoms with Gasteiger partial charge in [0.15, 0.2) is 0 Å². The van der Waals surface area contributed by atoms with E-state index >= 15 is 0 Å². The third-order valence-corrected chi connectivity index (χ3v) is 3.86. The van der Waals surface area contributed by atoms with E-state index in [-0.39, 0.29) is 23.6 Å². The van der Waals surface area contributed by atoms with Crippen molar-refractivity contribution >= 4 is 28.7 Å². The van der Waals surface area contributed by atoms with Crippen molar-refractivity contribution in [2.75, 3.05) is 7.11 Å². The Kier molecular flexibility index (Phi) is 4.98. The van der Waals surface area contributed by atoms with Crippen LogP contribution in [0.5, 0.6) is 0 Å². The summed E-state index contributed by atoms with van der Waals surface area (Å²) in [6.07, 6.45) is 1.81. The molecule has 2 N–H and O–H groups in total. The van der Waals surface area contributed by atoms with Gasteiger partial charge < -0.3 is 9.30 Å². The highest BCUT2D eigenvalue weighted by molar-refractivity contribution is 5.98. The lowest BCUT2D eigenvalue weighted by Crippen LogP contribution is -2.43. The monoisotopic (exact) mass is 351 g/mol. The van der Waals surface area contributed by atoms with E-state index in [1.807, 2.05) is 36.5 Å². The van der Waals surface area contributed by atoms with Gasteiger partial charge in [-0.15, -0.1) is 0 Å². The van der Waals surface area contributed by atoms with Gasteiger partial charge in [-0.1, -0.05) is 24.3 Å². The number of hydrogen-bond acceptors (Lipinski definition) is 4. The molecule has 0 aliphatic heterocycles. The standard InChI is InChI=1S/C19H17N3O4/c1-26-19(25)15-7-4-6-14(11-15)18(24)21-20-17(23)12-22-10-9-13-5-2-3-8-16(13)22/h2-11H,12H2,1H3,(H,20,23)(H,21,24). The number of aromatic nitrogens is 1.